The van der Waals surface area contributed by atoms with Crippen molar-refractivity contribution in [3.63, 3.8) is 0 Å². The van der Waals surface area contributed by atoms with E-state index in [1.165, 1.54) is 11.3 Å². The predicted octanol–water partition coefficient (Wildman–Crippen LogP) is 4.13. The smallest absolute Gasteiger partial charge is 0.191 e. The van der Waals surface area contributed by atoms with E-state index < -0.39 is 0 Å². The van der Waals surface area contributed by atoms with Gasteiger partial charge in [0.2, 0.25) is 0 Å². The number of hydrogen-bond acceptors (Lipinski definition) is 5. The highest BCUT2D eigenvalue weighted by Gasteiger charge is 2.24. The zero-order valence-corrected chi connectivity index (χ0v) is 12.8. The van der Waals surface area contributed by atoms with Crippen molar-refractivity contribution in [1.82, 2.24) is 4.98 Å². The number of thiazole rings is 1. The maximum atomic E-state index is 12.4. The third-order valence-corrected chi connectivity index (χ3v) is 4.29. The van der Waals surface area contributed by atoms with E-state index in [4.69, 9.17) is 4.42 Å². The van der Waals surface area contributed by atoms with E-state index in [-0.39, 0.29) is 11.7 Å². The third kappa shape index (κ3) is 2.69. The van der Waals surface area contributed by atoms with Crippen LogP contribution in [0.5, 0.6) is 0 Å². The molecule has 0 aromatic carbocycles. The Kier molecular flexibility index (Phi) is 3.75. The molecule has 0 fully saturated rings. The number of ketones is 1. The van der Waals surface area contributed by atoms with Crippen molar-refractivity contribution in [3.8, 4) is 11.5 Å². The molecule has 0 unspecified atom stereocenters. The Morgan fingerprint density at radius 2 is 2.29 bits per heavy atom. The van der Waals surface area contributed by atoms with E-state index in [1.54, 1.807) is 6.26 Å². The van der Waals surface area contributed by atoms with Crippen molar-refractivity contribution in [2.75, 3.05) is 11.4 Å². The first-order valence-electron chi connectivity index (χ1n) is 6.85. The molecular weight excluding hydrogens is 284 g/mol. The number of carbonyl (C=O) groups is 1. The Morgan fingerprint density at radius 1 is 1.43 bits per heavy atom. The fourth-order valence-corrected chi connectivity index (χ4v) is 3.20. The number of carbonyl (C=O) groups excluding carboxylic acids is 1. The van der Waals surface area contributed by atoms with Crippen LogP contribution in [0.25, 0.3) is 11.5 Å². The number of furan rings is 1. The van der Waals surface area contributed by atoms with Gasteiger partial charge >= 0.3 is 0 Å². The molecule has 4 nitrogen and oxygen atoms in total. The first-order valence-corrected chi connectivity index (χ1v) is 7.67. The minimum atomic E-state index is -0.0659. The topological polar surface area (TPSA) is 46.3 Å². The monoisotopic (exact) mass is 300 g/mol. The highest BCUT2D eigenvalue weighted by Crippen LogP contribution is 2.35. The van der Waals surface area contributed by atoms with E-state index in [2.05, 4.69) is 11.1 Å². The summed E-state index contributed by atoms with van der Waals surface area (Å²) in [7, 11) is 0. The lowest BCUT2D eigenvalue weighted by atomic mass is 10.1. The molecule has 0 saturated carbocycles. The molecule has 1 aliphatic heterocycles. The maximum Gasteiger partial charge on any atom is 0.191 e. The van der Waals surface area contributed by atoms with Crippen LogP contribution in [0.1, 0.15) is 23.5 Å². The summed E-state index contributed by atoms with van der Waals surface area (Å²) in [5.41, 5.74) is 0.640. The molecule has 0 radical (unpaired) electrons. The SMILES string of the molecule is CC(C)C(=O)c1sc(N2C=CC=CC2)nc1-c1ccco1. The van der Waals surface area contributed by atoms with Gasteiger partial charge in [0.25, 0.3) is 0 Å². The van der Waals surface area contributed by atoms with Crippen molar-refractivity contribution in [2.24, 2.45) is 5.92 Å². The van der Waals surface area contributed by atoms with Crippen molar-refractivity contribution in [2.45, 2.75) is 13.8 Å². The molecule has 3 rings (SSSR count). The number of nitrogens with zero attached hydrogens (tertiary/aromatic N) is 2. The largest absolute Gasteiger partial charge is 0.463 e. The summed E-state index contributed by atoms with van der Waals surface area (Å²) < 4.78 is 5.43. The molecule has 0 spiro atoms. The van der Waals surface area contributed by atoms with Gasteiger partial charge in [-0.1, -0.05) is 37.3 Å². The molecule has 2 aromatic heterocycles. The van der Waals surface area contributed by atoms with Gasteiger partial charge in [-0.25, -0.2) is 4.98 Å². The molecule has 2 aromatic rings. The van der Waals surface area contributed by atoms with Gasteiger partial charge in [-0.05, 0) is 18.2 Å². The van der Waals surface area contributed by atoms with E-state index in [0.29, 0.717) is 16.3 Å². The molecule has 108 valence electrons. The minimum Gasteiger partial charge on any atom is -0.463 e. The number of rotatable bonds is 4. The summed E-state index contributed by atoms with van der Waals surface area (Å²) >= 11 is 1.42. The highest BCUT2D eigenvalue weighted by atomic mass is 32.1. The van der Waals surface area contributed by atoms with Crippen molar-refractivity contribution in [1.29, 1.82) is 0 Å². The average Bonchev–Trinajstić information content (AvgIpc) is 3.16. The molecule has 1 aliphatic rings. The fourth-order valence-electron chi connectivity index (χ4n) is 2.05. The summed E-state index contributed by atoms with van der Waals surface area (Å²) in [4.78, 5) is 19.7. The van der Waals surface area contributed by atoms with Gasteiger partial charge in [-0.15, -0.1) is 0 Å². The molecule has 21 heavy (non-hydrogen) atoms. The first-order chi connectivity index (χ1) is 10.2. The second-order valence-corrected chi connectivity index (χ2v) is 6.07. The number of Topliss-reactive ketones (excluding diaryl/α,β-unsaturated/α-hetero) is 1. The van der Waals surface area contributed by atoms with Crippen LogP contribution in [0, 0.1) is 5.92 Å². The Bertz CT molecular complexity index is 696. The maximum absolute atomic E-state index is 12.4. The second kappa shape index (κ2) is 5.69. The molecule has 5 heteroatoms. The number of allylic oxidation sites excluding steroid dienone is 2. The Hall–Kier alpha value is -2.14. The van der Waals surface area contributed by atoms with Crippen LogP contribution in [0.3, 0.4) is 0 Å². The minimum absolute atomic E-state index is 0.0659. The molecule has 0 N–H and O–H groups in total. The fraction of sp³-hybridized carbons (Fsp3) is 0.250. The van der Waals surface area contributed by atoms with Gasteiger partial charge in [0.15, 0.2) is 16.7 Å². The first kappa shape index (κ1) is 13.8. The summed E-state index contributed by atoms with van der Waals surface area (Å²) in [6.07, 6.45) is 9.58. The lowest BCUT2D eigenvalue weighted by molar-refractivity contribution is 0.0943. The van der Waals surface area contributed by atoms with Crippen LogP contribution < -0.4 is 4.90 Å². The normalized spacial score (nSPS) is 14.1. The molecule has 0 saturated heterocycles. The Balaban J connectivity index is 2.05. The van der Waals surface area contributed by atoms with E-state index in [1.807, 2.05) is 49.2 Å². The Labute approximate surface area is 127 Å². The Morgan fingerprint density at radius 3 is 2.90 bits per heavy atom. The number of aromatic nitrogens is 1. The van der Waals surface area contributed by atoms with Crippen molar-refractivity contribution >= 4 is 22.3 Å². The summed E-state index contributed by atoms with van der Waals surface area (Å²) in [6.45, 7) is 4.56. The quantitative estimate of drug-likeness (QED) is 0.796. The van der Waals surface area contributed by atoms with E-state index in [0.717, 1.165) is 11.7 Å². The zero-order valence-electron chi connectivity index (χ0n) is 11.9. The third-order valence-electron chi connectivity index (χ3n) is 3.18. The van der Waals surface area contributed by atoms with Crippen molar-refractivity contribution in [3.05, 3.63) is 47.7 Å². The lowest BCUT2D eigenvalue weighted by Gasteiger charge is -2.16. The lowest BCUT2D eigenvalue weighted by Crippen LogP contribution is -2.16. The zero-order chi connectivity index (χ0) is 14.8. The van der Waals surface area contributed by atoms with Crippen LogP contribution in [0.2, 0.25) is 0 Å². The van der Waals surface area contributed by atoms with Crippen LogP contribution in [-0.2, 0) is 0 Å². The molecule has 0 bridgehead atoms. The molecule has 3 heterocycles. The number of anilines is 1. The van der Waals surface area contributed by atoms with Crippen LogP contribution in [0.15, 0.2) is 47.2 Å². The predicted molar refractivity (Wildman–Crippen MR) is 84.6 cm³/mol. The van der Waals surface area contributed by atoms with Crippen LogP contribution >= 0.6 is 11.3 Å². The van der Waals surface area contributed by atoms with Crippen LogP contribution in [-0.4, -0.2) is 17.3 Å². The summed E-state index contributed by atoms with van der Waals surface area (Å²) in [6, 6.07) is 3.64. The highest BCUT2D eigenvalue weighted by molar-refractivity contribution is 7.18. The van der Waals surface area contributed by atoms with Gasteiger partial charge < -0.3 is 9.32 Å². The van der Waals surface area contributed by atoms with Gasteiger partial charge in [-0.3, -0.25) is 4.79 Å². The van der Waals surface area contributed by atoms with Crippen LogP contribution in [0.4, 0.5) is 5.13 Å². The number of hydrogen-bond donors (Lipinski definition) is 0. The molecule has 0 amide bonds. The van der Waals surface area contributed by atoms with Gasteiger partial charge in [0, 0.05) is 18.7 Å². The molecular formula is C16H16N2O2S. The summed E-state index contributed by atoms with van der Waals surface area (Å²) in [5, 5.41) is 0.811. The van der Waals surface area contributed by atoms with Gasteiger partial charge in [0.1, 0.15) is 10.6 Å². The van der Waals surface area contributed by atoms with E-state index in [9.17, 15) is 4.79 Å². The average molecular weight is 300 g/mol. The standard InChI is InChI=1S/C16H16N2O2S/c1-11(2)14(19)15-13(12-7-6-10-20-12)17-16(21-15)18-8-4-3-5-9-18/h3-8,10-11H,9H2,1-2H3. The second-order valence-electron chi connectivity index (χ2n) is 5.09. The molecule has 0 aliphatic carbocycles. The molecule has 0 atom stereocenters. The van der Waals surface area contributed by atoms with Crippen molar-refractivity contribution < 1.29 is 9.21 Å². The van der Waals surface area contributed by atoms with Gasteiger partial charge in [-0.2, -0.15) is 0 Å². The van der Waals surface area contributed by atoms with E-state index >= 15 is 0 Å². The van der Waals surface area contributed by atoms with Gasteiger partial charge in [0.05, 0.1) is 6.26 Å². The summed E-state index contributed by atoms with van der Waals surface area (Å²) in [5.74, 6) is 0.670.